The first-order valence-corrected chi connectivity index (χ1v) is 9.95. The molecule has 1 heterocycles. The summed E-state index contributed by atoms with van der Waals surface area (Å²) in [7, 11) is 0. The van der Waals surface area contributed by atoms with Crippen molar-refractivity contribution < 1.29 is 0 Å². The number of rotatable bonds is 1. The van der Waals surface area contributed by atoms with Gasteiger partial charge in [0.1, 0.15) is 0 Å². The van der Waals surface area contributed by atoms with Gasteiger partial charge in [-0.05, 0) is 58.3 Å². The van der Waals surface area contributed by atoms with Gasteiger partial charge in [0.05, 0.1) is 0 Å². The minimum Gasteiger partial charge on any atom is -0.289 e. The molecule has 124 valence electrons. The summed E-state index contributed by atoms with van der Waals surface area (Å²) in [5.74, 6) is 0. The second kappa shape index (κ2) is 6.04. The molecular weight excluding hydrogens is 404 g/mol. The Labute approximate surface area is 162 Å². The van der Waals surface area contributed by atoms with Crippen LogP contribution in [0.5, 0.6) is 0 Å². The predicted octanol–water partition coefficient (Wildman–Crippen LogP) is 7.00. The van der Waals surface area contributed by atoms with Gasteiger partial charge in [0, 0.05) is 24.6 Å². The second-order valence-corrected chi connectivity index (χ2v) is 8.34. The van der Waals surface area contributed by atoms with E-state index in [0.717, 1.165) is 35.8 Å². The lowest BCUT2D eigenvalue weighted by Crippen LogP contribution is -2.01. The lowest BCUT2D eigenvalue weighted by Gasteiger charge is -2.07. The third-order valence-electron chi connectivity index (χ3n) is 4.71. The molecule has 4 aromatic carbocycles. The topological polar surface area (TPSA) is 17.1 Å². The largest absolute Gasteiger partial charge is 0.289 e. The lowest BCUT2D eigenvalue weighted by atomic mass is 10.00. The summed E-state index contributed by atoms with van der Waals surface area (Å²) in [5.41, 5.74) is 2.30. The van der Waals surface area contributed by atoms with Gasteiger partial charge in [-0.2, -0.15) is 0 Å². The molecule has 0 unspecified atom stereocenters. The predicted molar refractivity (Wildman–Crippen MR) is 116 cm³/mol. The minimum absolute atomic E-state index is 0.0951. The highest BCUT2D eigenvalue weighted by molar-refractivity contribution is 9.10. The maximum atomic E-state index is 13.0. The molecule has 0 aliphatic carbocycles. The van der Waals surface area contributed by atoms with Crippen LogP contribution in [-0.4, -0.2) is 0 Å². The van der Waals surface area contributed by atoms with Crippen molar-refractivity contribution in [3.63, 3.8) is 0 Å². The lowest BCUT2D eigenvalue weighted by molar-refractivity contribution is 1.67. The van der Waals surface area contributed by atoms with E-state index in [4.69, 9.17) is 0 Å². The van der Waals surface area contributed by atoms with E-state index in [0.29, 0.717) is 0 Å². The molecule has 5 aromatic rings. The van der Waals surface area contributed by atoms with Crippen molar-refractivity contribution in [2.75, 3.05) is 0 Å². The van der Waals surface area contributed by atoms with E-state index in [1.54, 1.807) is 11.3 Å². The SMILES string of the molecule is O=c1c2cc(Br)ccc2sc2ccc(-c3ccc4ccccc4c3)cc12. The number of hydrogen-bond donors (Lipinski definition) is 0. The van der Waals surface area contributed by atoms with Crippen LogP contribution >= 0.6 is 27.3 Å². The number of benzene rings is 4. The summed E-state index contributed by atoms with van der Waals surface area (Å²) < 4.78 is 2.97. The Balaban J connectivity index is 1.77. The van der Waals surface area contributed by atoms with Crippen molar-refractivity contribution in [2.45, 2.75) is 0 Å². The van der Waals surface area contributed by atoms with Gasteiger partial charge in [0.15, 0.2) is 5.43 Å². The monoisotopic (exact) mass is 416 g/mol. The van der Waals surface area contributed by atoms with Crippen LogP contribution in [0.1, 0.15) is 0 Å². The molecule has 0 fully saturated rings. The summed E-state index contributed by atoms with van der Waals surface area (Å²) in [4.78, 5) is 13.0. The highest BCUT2D eigenvalue weighted by Gasteiger charge is 2.08. The molecule has 3 heteroatoms. The third-order valence-corrected chi connectivity index (χ3v) is 6.36. The molecule has 1 nitrogen and oxygen atoms in total. The smallest absolute Gasteiger partial charge is 0.195 e. The zero-order chi connectivity index (χ0) is 17.7. The highest BCUT2D eigenvalue weighted by atomic mass is 79.9. The van der Waals surface area contributed by atoms with Crippen molar-refractivity contribution in [3.05, 3.63) is 93.6 Å². The number of fused-ring (bicyclic) bond motifs is 3. The minimum atomic E-state index is 0.0951. The van der Waals surface area contributed by atoms with Gasteiger partial charge in [-0.25, -0.2) is 0 Å². The Bertz CT molecular complexity index is 1370. The zero-order valence-electron chi connectivity index (χ0n) is 13.7. The van der Waals surface area contributed by atoms with Gasteiger partial charge < -0.3 is 0 Å². The molecule has 0 saturated heterocycles. The summed E-state index contributed by atoms with van der Waals surface area (Å²) in [6.07, 6.45) is 0. The fourth-order valence-electron chi connectivity index (χ4n) is 3.38. The molecule has 0 saturated carbocycles. The summed E-state index contributed by atoms with van der Waals surface area (Å²) >= 11 is 5.13. The fraction of sp³-hybridized carbons (Fsp3) is 0. The number of hydrogen-bond acceptors (Lipinski definition) is 2. The number of halogens is 1. The van der Waals surface area contributed by atoms with Crippen LogP contribution in [-0.2, 0) is 0 Å². The van der Waals surface area contributed by atoms with Crippen LogP contribution in [0, 0.1) is 0 Å². The van der Waals surface area contributed by atoms with Crippen LogP contribution in [0.3, 0.4) is 0 Å². The van der Waals surface area contributed by atoms with E-state index in [-0.39, 0.29) is 5.43 Å². The molecule has 0 atom stereocenters. The molecule has 26 heavy (non-hydrogen) atoms. The molecule has 0 spiro atoms. The maximum Gasteiger partial charge on any atom is 0.195 e. The summed E-state index contributed by atoms with van der Waals surface area (Å²) in [5, 5.41) is 3.98. The standard InChI is InChI=1S/C23H13BrOS/c24-18-8-10-22-20(13-18)23(25)19-12-17(7-9-21(19)26-22)16-6-5-14-3-1-2-4-15(14)11-16/h1-13H. The summed E-state index contributed by atoms with van der Waals surface area (Å²) in [6, 6.07) is 26.8. The third kappa shape index (κ3) is 2.56. The van der Waals surface area contributed by atoms with Crippen LogP contribution in [0.25, 0.3) is 42.1 Å². The normalized spacial score (nSPS) is 11.4. The van der Waals surface area contributed by atoms with Crippen LogP contribution in [0.4, 0.5) is 0 Å². The van der Waals surface area contributed by atoms with Crippen molar-refractivity contribution in [2.24, 2.45) is 0 Å². The van der Waals surface area contributed by atoms with E-state index >= 15 is 0 Å². The van der Waals surface area contributed by atoms with E-state index in [1.165, 1.54) is 10.8 Å². The van der Waals surface area contributed by atoms with E-state index < -0.39 is 0 Å². The van der Waals surface area contributed by atoms with Gasteiger partial charge in [0.2, 0.25) is 0 Å². The average molecular weight is 417 g/mol. The molecule has 1 aromatic heterocycles. The molecule has 0 N–H and O–H groups in total. The van der Waals surface area contributed by atoms with Gasteiger partial charge in [0.25, 0.3) is 0 Å². The van der Waals surface area contributed by atoms with Crippen LogP contribution < -0.4 is 5.43 Å². The first-order valence-electron chi connectivity index (χ1n) is 8.34. The molecule has 5 rings (SSSR count). The first-order chi connectivity index (χ1) is 12.7. The Morgan fingerprint density at radius 1 is 0.654 bits per heavy atom. The molecule has 0 amide bonds. The van der Waals surface area contributed by atoms with Crippen molar-refractivity contribution in [1.82, 2.24) is 0 Å². The van der Waals surface area contributed by atoms with Crippen LogP contribution in [0.2, 0.25) is 0 Å². The molecular formula is C23H13BrOS. The Kier molecular flexibility index (Phi) is 3.66. The molecule has 0 bridgehead atoms. The Morgan fingerprint density at radius 2 is 1.31 bits per heavy atom. The fourth-order valence-corrected chi connectivity index (χ4v) is 4.77. The molecule has 0 radical (unpaired) electrons. The molecule has 0 aliphatic rings. The average Bonchev–Trinajstić information content (AvgIpc) is 2.68. The van der Waals surface area contributed by atoms with E-state index in [9.17, 15) is 4.79 Å². The van der Waals surface area contributed by atoms with Gasteiger partial charge in [-0.1, -0.05) is 58.4 Å². The maximum absolute atomic E-state index is 13.0. The van der Waals surface area contributed by atoms with E-state index in [1.807, 2.05) is 36.4 Å². The quantitative estimate of drug-likeness (QED) is 0.269. The van der Waals surface area contributed by atoms with Crippen molar-refractivity contribution >= 4 is 58.2 Å². The van der Waals surface area contributed by atoms with Crippen molar-refractivity contribution in [1.29, 1.82) is 0 Å². The van der Waals surface area contributed by atoms with Crippen molar-refractivity contribution in [3.8, 4) is 11.1 Å². The zero-order valence-corrected chi connectivity index (χ0v) is 16.1. The highest BCUT2D eigenvalue weighted by Crippen LogP contribution is 2.31. The Hall–Kier alpha value is -2.49. The second-order valence-electron chi connectivity index (χ2n) is 6.34. The van der Waals surface area contributed by atoms with Crippen LogP contribution in [0.15, 0.2) is 88.1 Å². The Morgan fingerprint density at radius 3 is 2.15 bits per heavy atom. The first kappa shape index (κ1) is 15.7. The summed E-state index contributed by atoms with van der Waals surface area (Å²) in [6.45, 7) is 0. The van der Waals surface area contributed by atoms with Gasteiger partial charge in [-0.3, -0.25) is 4.79 Å². The van der Waals surface area contributed by atoms with Gasteiger partial charge >= 0.3 is 0 Å². The van der Waals surface area contributed by atoms with E-state index in [2.05, 4.69) is 58.4 Å². The van der Waals surface area contributed by atoms with Gasteiger partial charge in [-0.15, -0.1) is 11.3 Å². The molecule has 0 aliphatic heterocycles.